The molecule has 33 heavy (non-hydrogen) atoms. The van der Waals surface area contributed by atoms with Gasteiger partial charge in [0.15, 0.2) is 5.60 Å². The van der Waals surface area contributed by atoms with E-state index in [1.807, 2.05) is 20.8 Å². The van der Waals surface area contributed by atoms with E-state index in [1.54, 1.807) is 0 Å². The summed E-state index contributed by atoms with van der Waals surface area (Å²) >= 11 is 0. The molecule has 0 N–H and O–H groups in total. The Kier molecular flexibility index (Phi) is 5.91. The second-order valence-electron chi connectivity index (χ2n) is 12.3. The number of esters is 1. The monoisotopic (exact) mass is 456 g/mol. The zero-order valence-corrected chi connectivity index (χ0v) is 21.2. The maximum absolute atomic E-state index is 12.6. The molecule has 0 aromatic heterocycles. The minimum Gasteiger partial charge on any atom is -0.462 e. The second-order valence-corrected chi connectivity index (χ2v) is 12.3. The smallest absolute Gasteiger partial charge is 0.462 e. The molecule has 4 aliphatic rings. The van der Waals surface area contributed by atoms with Gasteiger partial charge in [-0.3, -0.25) is 4.79 Å². The highest BCUT2D eigenvalue weighted by Crippen LogP contribution is 2.67. The van der Waals surface area contributed by atoms with Crippen LogP contribution >= 0.6 is 0 Å². The van der Waals surface area contributed by atoms with Crippen molar-refractivity contribution < 1.29 is 23.8 Å². The van der Waals surface area contributed by atoms with E-state index in [9.17, 15) is 9.59 Å². The third kappa shape index (κ3) is 3.98. The normalized spacial score (nSPS) is 42.0. The number of hydrogen-bond acceptors (Lipinski definition) is 5. The zero-order chi connectivity index (χ0) is 24.2. The van der Waals surface area contributed by atoms with E-state index in [-0.39, 0.29) is 22.9 Å². The Morgan fingerprint density at radius 2 is 1.79 bits per heavy atom. The van der Waals surface area contributed by atoms with Crippen molar-refractivity contribution in [2.45, 2.75) is 110 Å². The Balaban J connectivity index is 1.57. The molecular weight excluding hydrogens is 416 g/mol. The lowest BCUT2D eigenvalue weighted by Gasteiger charge is -2.58. The summed E-state index contributed by atoms with van der Waals surface area (Å²) in [7, 11) is 0. The fourth-order valence-electron chi connectivity index (χ4n) is 7.81. The summed E-state index contributed by atoms with van der Waals surface area (Å²) in [5, 5.41) is 0. The van der Waals surface area contributed by atoms with Gasteiger partial charge in [-0.25, -0.2) is 4.79 Å². The van der Waals surface area contributed by atoms with E-state index in [4.69, 9.17) is 20.6 Å². The van der Waals surface area contributed by atoms with Gasteiger partial charge in [0.05, 0.1) is 0 Å². The number of carbonyl (C=O) groups is 2. The number of hydrogen-bond donors (Lipinski definition) is 0. The number of fused-ring (bicyclic) bond motifs is 5. The Morgan fingerprint density at radius 1 is 1.09 bits per heavy atom. The van der Waals surface area contributed by atoms with Crippen LogP contribution in [0.4, 0.5) is 4.79 Å². The molecule has 3 saturated carbocycles. The van der Waals surface area contributed by atoms with Gasteiger partial charge < -0.3 is 14.2 Å². The van der Waals surface area contributed by atoms with Gasteiger partial charge in [-0.15, -0.1) is 6.42 Å². The molecule has 182 valence electrons. The molecule has 5 nitrogen and oxygen atoms in total. The van der Waals surface area contributed by atoms with Crippen molar-refractivity contribution in [1.82, 2.24) is 0 Å². The minimum atomic E-state index is -0.914. The van der Waals surface area contributed by atoms with Gasteiger partial charge in [-0.05, 0) is 88.9 Å². The number of terminal acetylenes is 1. The quantitative estimate of drug-likeness (QED) is 0.281. The van der Waals surface area contributed by atoms with Crippen LogP contribution in [-0.4, -0.2) is 29.4 Å². The lowest BCUT2D eigenvalue weighted by molar-refractivity contribution is -0.149. The molecule has 0 aliphatic heterocycles. The third-order valence-corrected chi connectivity index (χ3v) is 9.39. The number of ether oxygens (including phenoxy) is 3. The molecule has 0 aromatic rings. The molecule has 0 aromatic carbocycles. The Morgan fingerprint density at radius 3 is 2.42 bits per heavy atom. The maximum atomic E-state index is 12.6. The fraction of sp³-hybridized carbons (Fsp3) is 0.786. The number of allylic oxidation sites excluding steroid dienone is 1. The van der Waals surface area contributed by atoms with Crippen molar-refractivity contribution in [2.75, 3.05) is 0 Å². The molecule has 0 saturated heterocycles. The van der Waals surface area contributed by atoms with E-state index in [2.05, 4.69) is 25.8 Å². The van der Waals surface area contributed by atoms with Crippen molar-refractivity contribution in [1.29, 1.82) is 0 Å². The van der Waals surface area contributed by atoms with Crippen molar-refractivity contribution in [3.8, 4) is 12.3 Å². The predicted octanol–water partition coefficient (Wildman–Crippen LogP) is 6.20. The summed E-state index contributed by atoms with van der Waals surface area (Å²) in [6.45, 7) is 11.7. The van der Waals surface area contributed by atoms with Crippen LogP contribution in [0.5, 0.6) is 0 Å². The number of carbonyl (C=O) groups excluding carboxylic acids is 2. The summed E-state index contributed by atoms with van der Waals surface area (Å²) < 4.78 is 17.0. The summed E-state index contributed by atoms with van der Waals surface area (Å²) in [6.07, 6.45) is 15.4. The Labute approximate surface area is 199 Å². The standard InChI is InChI=1S/C28H40O5/c1-8-28(33-24(30)32-25(3,4)5)16-13-23-21-10-9-19-17-20(31-18(2)29)11-14-26(19,6)22(21)12-15-27(23,28)7/h1,9,20-23H,10-17H2,2-7H3/t20-,21-,22+,23+,26+,27+,28+/m1/s1. The predicted molar refractivity (Wildman–Crippen MR) is 126 cm³/mol. The van der Waals surface area contributed by atoms with Crippen molar-refractivity contribution in [2.24, 2.45) is 28.6 Å². The lowest BCUT2D eigenvalue weighted by atomic mass is 9.47. The molecule has 7 atom stereocenters. The van der Waals surface area contributed by atoms with Crippen molar-refractivity contribution in [3.63, 3.8) is 0 Å². The molecular formula is C28H40O5. The highest BCUT2D eigenvalue weighted by atomic mass is 16.7. The van der Waals surface area contributed by atoms with Crippen LogP contribution in [0.2, 0.25) is 0 Å². The molecule has 3 fully saturated rings. The van der Waals surface area contributed by atoms with Gasteiger partial charge in [-0.1, -0.05) is 31.4 Å². The van der Waals surface area contributed by atoms with E-state index < -0.39 is 17.4 Å². The van der Waals surface area contributed by atoms with Crippen molar-refractivity contribution in [3.05, 3.63) is 11.6 Å². The highest BCUT2D eigenvalue weighted by Gasteiger charge is 2.65. The minimum absolute atomic E-state index is 0.00929. The van der Waals surface area contributed by atoms with Crippen molar-refractivity contribution >= 4 is 12.1 Å². The summed E-state index contributed by atoms with van der Waals surface area (Å²) in [5.74, 6) is 4.27. The van der Waals surface area contributed by atoms with Crippen LogP contribution in [0.1, 0.15) is 92.9 Å². The SMILES string of the molecule is C#C[C@]1(OC(=O)OC(C)(C)C)CC[C@H]2[C@@H]3CC=C4C[C@H](OC(C)=O)CC[C@]4(C)[C@H]3CC[C@@]21C. The molecule has 0 spiro atoms. The molecule has 0 amide bonds. The summed E-state index contributed by atoms with van der Waals surface area (Å²) in [4.78, 5) is 24.1. The molecule has 5 heteroatoms. The summed E-state index contributed by atoms with van der Waals surface area (Å²) in [6, 6.07) is 0. The fourth-order valence-corrected chi connectivity index (χ4v) is 7.81. The van der Waals surface area contributed by atoms with Crippen LogP contribution in [0.25, 0.3) is 0 Å². The Hall–Kier alpha value is -1.96. The zero-order valence-electron chi connectivity index (χ0n) is 21.2. The summed E-state index contributed by atoms with van der Waals surface area (Å²) in [5.41, 5.74) is -0.169. The molecule has 4 aliphatic carbocycles. The van der Waals surface area contributed by atoms with E-state index >= 15 is 0 Å². The largest absolute Gasteiger partial charge is 0.510 e. The van der Waals surface area contributed by atoms with Gasteiger partial charge in [0.25, 0.3) is 0 Å². The molecule has 4 rings (SSSR count). The first-order valence-electron chi connectivity index (χ1n) is 12.6. The van der Waals surface area contributed by atoms with Crippen LogP contribution in [0, 0.1) is 40.9 Å². The first-order chi connectivity index (χ1) is 15.3. The first-order valence-corrected chi connectivity index (χ1v) is 12.6. The van der Waals surface area contributed by atoms with Gasteiger partial charge in [0.1, 0.15) is 11.7 Å². The molecule has 0 radical (unpaired) electrons. The van der Waals surface area contributed by atoms with E-state index in [0.717, 1.165) is 44.9 Å². The van der Waals surface area contributed by atoms with Crippen LogP contribution in [0.3, 0.4) is 0 Å². The average Bonchev–Trinajstić information content (AvgIpc) is 2.99. The van der Waals surface area contributed by atoms with Gasteiger partial charge in [0, 0.05) is 18.8 Å². The Bertz CT molecular complexity index is 891. The van der Waals surface area contributed by atoms with Crippen LogP contribution in [-0.2, 0) is 19.0 Å². The topological polar surface area (TPSA) is 61.8 Å². The number of rotatable bonds is 2. The maximum Gasteiger partial charge on any atom is 0.510 e. The van der Waals surface area contributed by atoms with E-state index in [1.165, 1.54) is 12.5 Å². The van der Waals surface area contributed by atoms with Crippen LogP contribution in [0.15, 0.2) is 11.6 Å². The first kappa shape index (κ1) is 24.2. The van der Waals surface area contributed by atoms with E-state index in [0.29, 0.717) is 24.2 Å². The molecule has 0 heterocycles. The highest BCUT2D eigenvalue weighted by molar-refractivity contribution is 5.66. The van der Waals surface area contributed by atoms with Crippen LogP contribution < -0.4 is 0 Å². The molecule has 0 bridgehead atoms. The molecule has 0 unspecified atom stereocenters. The second kappa shape index (κ2) is 8.07. The average molecular weight is 457 g/mol. The van der Waals surface area contributed by atoms with Gasteiger partial charge in [-0.2, -0.15) is 0 Å². The van der Waals surface area contributed by atoms with Gasteiger partial charge in [0.2, 0.25) is 0 Å². The van der Waals surface area contributed by atoms with Gasteiger partial charge >= 0.3 is 12.1 Å². The third-order valence-electron chi connectivity index (χ3n) is 9.39. The lowest BCUT2D eigenvalue weighted by Crippen LogP contribution is -2.55.